The van der Waals surface area contributed by atoms with E-state index in [0.717, 1.165) is 0 Å². The van der Waals surface area contributed by atoms with Crippen LogP contribution in [0.4, 0.5) is 0 Å². The Labute approximate surface area is 215 Å². The Morgan fingerprint density at radius 1 is 0.871 bits per heavy atom. The normalized spacial score (nSPS) is 12.7. The number of rotatable bonds is 2. The van der Waals surface area contributed by atoms with Gasteiger partial charge in [-0.25, -0.2) is 12.1 Å². The Kier molecular flexibility index (Phi) is 18.1. The van der Waals surface area contributed by atoms with E-state index in [2.05, 4.69) is 58.9 Å². The van der Waals surface area contributed by atoms with Gasteiger partial charge in [0.2, 0.25) is 0 Å². The first kappa shape index (κ1) is 37.4. The molecule has 0 amide bonds. The molecule has 0 nitrogen and oxygen atoms in total. The molecule has 0 spiro atoms. The molecule has 0 aromatic heterocycles. The average molecular weight is 586 g/mol. The van der Waals surface area contributed by atoms with Gasteiger partial charge >= 0.3 is 0 Å². The molecular formula is C30H47Hf-7. The predicted octanol–water partition coefficient (Wildman–Crippen LogP) is 9.42. The smallest absolute Gasteiger partial charge is 0 e. The Bertz CT molecular complexity index is 791. The van der Waals surface area contributed by atoms with Crippen LogP contribution in [0.2, 0.25) is 0 Å². The van der Waals surface area contributed by atoms with Crippen LogP contribution < -0.4 is 0 Å². The third-order valence-electron chi connectivity index (χ3n) is 6.09. The number of benzene rings is 1. The summed E-state index contributed by atoms with van der Waals surface area (Å²) in [5.74, 6) is 0. The second-order valence-corrected chi connectivity index (χ2v) is 8.73. The zero-order chi connectivity index (χ0) is 18.1. The molecule has 0 N–H and O–H groups in total. The average Bonchev–Trinajstić information content (AvgIpc) is 3.31. The van der Waals surface area contributed by atoms with Crippen LogP contribution in [0.5, 0.6) is 0 Å². The molecule has 0 saturated heterocycles. The molecule has 0 aliphatic heterocycles. The predicted molar refractivity (Wildman–Crippen MR) is 143 cm³/mol. The fraction of sp³-hybridized carbons (Fsp3) is 0.367. The molecule has 0 saturated carbocycles. The molecule has 178 valence electrons. The molecule has 3 aromatic carbocycles. The zero-order valence-electron chi connectivity index (χ0n) is 22.0. The van der Waals surface area contributed by atoms with Gasteiger partial charge in [-0.1, -0.05) is 45.7 Å². The summed E-state index contributed by atoms with van der Waals surface area (Å²) in [6.45, 7) is 11.7. The third kappa shape index (κ3) is 8.16. The maximum atomic E-state index is 2.50. The molecule has 1 heteroatoms. The van der Waals surface area contributed by atoms with Crippen molar-refractivity contribution >= 4 is 10.8 Å². The van der Waals surface area contributed by atoms with Crippen LogP contribution >= 0.6 is 0 Å². The Morgan fingerprint density at radius 3 is 1.74 bits per heavy atom. The van der Waals surface area contributed by atoms with E-state index in [1.807, 2.05) is 30.3 Å². The Morgan fingerprint density at radius 2 is 1.35 bits per heavy atom. The van der Waals surface area contributed by atoms with E-state index in [-0.39, 0.29) is 68.4 Å². The molecule has 0 unspecified atom stereocenters. The molecule has 1 aliphatic rings. The molecular weight excluding hydrogens is 539 g/mol. The summed E-state index contributed by atoms with van der Waals surface area (Å²) in [6, 6.07) is 19.6. The van der Waals surface area contributed by atoms with Crippen LogP contribution in [0.1, 0.15) is 64.2 Å². The van der Waals surface area contributed by atoms with Crippen molar-refractivity contribution in [2.24, 2.45) is 5.41 Å². The molecule has 1 aliphatic carbocycles. The van der Waals surface area contributed by atoms with Gasteiger partial charge in [0.25, 0.3) is 0 Å². The fourth-order valence-corrected chi connectivity index (χ4v) is 4.27. The molecule has 0 radical (unpaired) electrons. The molecule has 4 rings (SSSR count). The molecule has 0 heterocycles. The third-order valence-corrected chi connectivity index (χ3v) is 6.09. The second-order valence-electron chi connectivity index (χ2n) is 8.73. The van der Waals surface area contributed by atoms with Gasteiger partial charge in [-0.15, -0.1) is 34.5 Å². The largest absolute Gasteiger partial charge is 0.358 e. The second kappa shape index (κ2) is 15.0. The number of fused-ring (bicyclic) bond motifs is 2. The summed E-state index contributed by atoms with van der Waals surface area (Å²) >= 11 is 0. The first-order valence-corrected chi connectivity index (χ1v) is 9.77. The number of hydrogen-bond acceptors (Lipinski definition) is 0. The zero-order valence-corrected chi connectivity index (χ0v) is 25.6. The van der Waals surface area contributed by atoms with Gasteiger partial charge in [-0.05, 0) is 36.5 Å². The van der Waals surface area contributed by atoms with Crippen LogP contribution in [0.3, 0.4) is 0 Å². The number of hydrogen-bond donors (Lipinski definition) is 0. The molecule has 0 bridgehead atoms. The van der Waals surface area contributed by atoms with Gasteiger partial charge in [0.05, 0.1) is 0 Å². The van der Waals surface area contributed by atoms with Crippen molar-refractivity contribution in [1.82, 2.24) is 0 Å². The minimum atomic E-state index is 0. The summed E-state index contributed by atoms with van der Waals surface area (Å²) in [7, 11) is 0. The standard InChI is InChI=1S/C20H27.C5H5.5CH3.Hf/c1-6-20(7-2)12-15-10-14-8-9-18(19(3,4)5)17(14)11-16(15)13-20;1-2-4-5-3-1;;;;;;/h8-11H,6-7,12-13H2,1-5H3;1-5H;5*1H3;/q7*-1;. The Balaban J connectivity index is -0.000000296. The van der Waals surface area contributed by atoms with Crippen molar-refractivity contribution in [1.29, 1.82) is 0 Å². The van der Waals surface area contributed by atoms with Crippen LogP contribution in [-0.2, 0) is 44.1 Å². The van der Waals surface area contributed by atoms with Gasteiger partial charge in [0.15, 0.2) is 0 Å². The maximum absolute atomic E-state index is 2.50. The monoisotopic (exact) mass is 587 g/mol. The van der Waals surface area contributed by atoms with Crippen LogP contribution in [0, 0.1) is 42.5 Å². The maximum Gasteiger partial charge on any atom is 0 e. The van der Waals surface area contributed by atoms with Gasteiger partial charge in [0, 0.05) is 25.8 Å². The molecule has 3 aromatic rings. The van der Waals surface area contributed by atoms with E-state index < -0.39 is 0 Å². The van der Waals surface area contributed by atoms with Crippen molar-refractivity contribution < 1.29 is 25.8 Å². The SMILES string of the molecule is CCC1(CC)Cc2cc3cc[c-](C(C)(C)C)c3cc2C1.[CH3-].[CH3-].[CH3-].[CH3-].[CH3-].[Hf].c1cc[cH-]c1. The molecule has 0 atom stereocenters. The van der Waals surface area contributed by atoms with Crippen LogP contribution in [-0.4, -0.2) is 0 Å². The summed E-state index contributed by atoms with van der Waals surface area (Å²) < 4.78 is 0. The van der Waals surface area contributed by atoms with Crippen molar-refractivity contribution in [3.8, 4) is 0 Å². The minimum absolute atomic E-state index is 0. The van der Waals surface area contributed by atoms with E-state index in [1.54, 1.807) is 11.1 Å². The summed E-state index contributed by atoms with van der Waals surface area (Å²) in [4.78, 5) is 0. The van der Waals surface area contributed by atoms with Gasteiger partial charge in [-0.2, -0.15) is 24.3 Å². The summed E-state index contributed by atoms with van der Waals surface area (Å²) in [6.07, 6.45) is 5.16. The fourth-order valence-electron chi connectivity index (χ4n) is 4.27. The Hall–Kier alpha value is -0.950. The first-order valence-electron chi connectivity index (χ1n) is 9.77. The van der Waals surface area contributed by atoms with E-state index in [1.165, 1.54) is 42.0 Å². The van der Waals surface area contributed by atoms with Crippen molar-refractivity contribution in [3.05, 3.63) is 108 Å². The quantitative estimate of drug-likeness (QED) is 0.207. The van der Waals surface area contributed by atoms with Gasteiger partial charge in [0.1, 0.15) is 0 Å². The van der Waals surface area contributed by atoms with E-state index >= 15 is 0 Å². The van der Waals surface area contributed by atoms with E-state index in [4.69, 9.17) is 0 Å². The molecule has 31 heavy (non-hydrogen) atoms. The van der Waals surface area contributed by atoms with E-state index in [9.17, 15) is 0 Å². The van der Waals surface area contributed by atoms with Crippen molar-refractivity contribution in [2.45, 2.75) is 65.7 Å². The topological polar surface area (TPSA) is 0 Å². The minimum Gasteiger partial charge on any atom is -0.358 e. The summed E-state index contributed by atoms with van der Waals surface area (Å²) in [5, 5.41) is 2.93. The van der Waals surface area contributed by atoms with Crippen molar-refractivity contribution in [2.75, 3.05) is 0 Å². The molecule has 0 fully saturated rings. The van der Waals surface area contributed by atoms with Crippen molar-refractivity contribution in [3.63, 3.8) is 0 Å². The van der Waals surface area contributed by atoms with Crippen LogP contribution in [0.25, 0.3) is 10.8 Å². The van der Waals surface area contributed by atoms with E-state index in [0.29, 0.717) is 5.41 Å². The van der Waals surface area contributed by atoms with Gasteiger partial charge in [-0.3, -0.25) is 0 Å². The summed E-state index contributed by atoms with van der Waals surface area (Å²) in [5.41, 5.74) is 5.48. The van der Waals surface area contributed by atoms with Gasteiger partial charge < -0.3 is 37.1 Å². The first-order chi connectivity index (χ1) is 11.9. The van der Waals surface area contributed by atoms with Crippen LogP contribution in [0.15, 0.2) is 54.6 Å².